The Labute approximate surface area is 110 Å². The summed E-state index contributed by atoms with van der Waals surface area (Å²) in [7, 11) is 0. The second kappa shape index (κ2) is 6.36. The Kier molecular flexibility index (Phi) is 4.54. The van der Waals surface area contributed by atoms with E-state index in [0.29, 0.717) is 5.69 Å². The van der Waals surface area contributed by atoms with Crippen LogP contribution in [0.3, 0.4) is 0 Å². The Balaban J connectivity index is 1.82. The number of hydrogen-bond donors (Lipinski definition) is 2. The van der Waals surface area contributed by atoms with Crippen molar-refractivity contribution in [1.29, 1.82) is 0 Å². The third-order valence-corrected chi connectivity index (χ3v) is 3.03. The molecule has 2 rings (SSSR count). The molecule has 0 radical (unpaired) electrons. The molecule has 1 aromatic carbocycles. The normalized spacial score (nSPS) is 15.5. The van der Waals surface area contributed by atoms with E-state index in [1.165, 1.54) is 24.3 Å². The molecule has 19 heavy (non-hydrogen) atoms. The highest BCUT2D eigenvalue weighted by Gasteiger charge is 2.16. The summed E-state index contributed by atoms with van der Waals surface area (Å²) < 4.78 is 28.1. The molecule has 0 heterocycles. The van der Waals surface area contributed by atoms with Gasteiger partial charge in [-0.05, 0) is 37.1 Å². The number of carbonyl (C=O) groups is 1. The predicted molar refractivity (Wildman–Crippen MR) is 67.5 cm³/mol. The summed E-state index contributed by atoms with van der Waals surface area (Å²) in [5, 5.41) is 5.53. The number of urea groups is 1. The summed E-state index contributed by atoms with van der Waals surface area (Å²) in [6.45, 7) is -2.84. The fourth-order valence-corrected chi connectivity index (χ4v) is 2.14. The first-order chi connectivity index (χ1) is 9.13. The number of amides is 2. The summed E-state index contributed by atoms with van der Waals surface area (Å²) >= 11 is 0. The first-order valence-electron chi connectivity index (χ1n) is 6.26. The average Bonchev–Trinajstić information content (AvgIpc) is 2.83. The second-order valence-corrected chi connectivity index (χ2v) is 4.48. The summed E-state index contributed by atoms with van der Waals surface area (Å²) in [6, 6.07) is 5.78. The SMILES string of the molecule is O=C(Nc1ccc(OC(F)F)cc1)NC1CCCC1. The highest BCUT2D eigenvalue weighted by atomic mass is 19.3. The average molecular weight is 270 g/mol. The summed E-state index contributed by atoms with van der Waals surface area (Å²) in [5.74, 6) is 0.0664. The van der Waals surface area contributed by atoms with E-state index in [2.05, 4.69) is 15.4 Å². The van der Waals surface area contributed by atoms with Gasteiger partial charge in [0.05, 0.1) is 0 Å². The zero-order chi connectivity index (χ0) is 13.7. The third-order valence-electron chi connectivity index (χ3n) is 3.03. The van der Waals surface area contributed by atoms with E-state index >= 15 is 0 Å². The van der Waals surface area contributed by atoms with Gasteiger partial charge in [0.25, 0.3) is 0 Å². The van der Waals surface area contributed by atoms with E-state index in [0.717, 1.165) is 25.7 Å². The van der Waals surface area contributed by atoms with Crippen molar-refractivity contribution in [3.8, 4) is 5.75 Å². The zero-order valence-corrected chi connectivity index (χ0v) is 10.4. The van der Waals surface area contributed by atoms with E-state index in [9.17, 15) is 13.6 Å². The Morgan fingerprint density at radius 1 is 1.21 bits per heavy atom. The van der Waals surface area contributed by atoms with Gasteiger partial charge in [0, 0.05) is 11.7 Å². The lowest BCUT2D eigenvalue weighted by Gasteiger charge is -2.13. The number of alkyl halides is 2. The molecule has 0 unspecified atom stereocenters. The van der Waals surface area contributed by atoms with Crippen LogP contribution in [0.25, 0.3) is 0 Å². The van der Waals surface area contributed by atoms with Gasteiger partial charge in [-0.15, -0.1) is 0 Å². The Hall–Kier alpha value is -1.85. The number of rotatable bonds is 4. The third kappa shape index (κ3) is 4.39. The van der Waals surface area contributed by atoms with Crippen molar-refractivity contribution in [2.45, 2.75) is 38.3 Å². The first-order valence-corrected chi connectivity index (χ1v) is 6.26. The van der Waals surface area contributed by atoms with Gasteiger partial charge in [-0.3, -0.25) is 0 Å². The van der Waals surface area contributed by atoms with Crippen LogP contribution in [-0.4, -0.2) is 18.7 Å². The van der Waals surface area contributed by atoms with E-state index < -0.39 is 6.61 Å². The van der Waals surface area contributed by atoms with Crippen molar-refractivity contribution in [3.63, 3.8) is 0 Å². The molecule has 0 aliphatic heterocycles. The lowest BCUT2D eigenvalue weighted by atomic mass is 10.2. The maximum Gasteiger partial charge on any atom is 0.387 e. The van der Waals surface area contributed by atoms with E-state index in [4.69, 9.17) is 0 Å². The first kappa shape index (κ1) is 13.6. The molecule has 4 nitrogen and oxygen atoms in total. The van der Waals surface area contributed by atoms with Crippen molar-refractivity contribution >= 4 is 11.7 Å². The molecule has 1 aromatic rings. The molecule has 0 atom stereocenters. The number of ether oxygens (including phenoxy) is 1. The molecule has 0 bridgehead atoms. The standard InChI is InChI=1S/C13H16F2N2O2/c14-12(15)19-11-7-5-10(6-8-11)17-13(18)16-9-3-1-2-4-9/h5-9,12H,1-4H2,(H2,16,17,18). The van der Waals surface area contributed by atoms with Gasteiger partial charge in [0.1, 0.15) is 5.75 Å². The van der Waals surface area contributed by atoms with Gasteiger partial charge in [0.2, 0.25) is 0 Å². The van der Waals surface area contributed by atoms with Crippen molar-refractivity contribution < 1.29 is 18.3 Å². The molecule has 104 valence electrons. The zero-order valence-electron chi connectivity index (χ0n) is 10.4. The van der Waals surface area contributed by atoms with Crippen molar-refractivity contribution in [2.75, 3.05) is 5.32 Å². The molecular weight excluding hydrogens is 254 g/mol. The molecule has 1 aliphatic rings. The van der Waals surface area contributed by atoms with Crippen molar-refractivity contribution in [1.82, 2.24) is 5.32 Å². The van der Waals surface area contributed by atoms with Gasteiger partial charge in [-0.25, -0.2) is 4.79 Å². The number of anilines is 1. The lowest BCUT2D eigenvalue weighted by Crippen LogP contribution is -2.36. The molecule has 1 fully saturated rings. The minimum Gasteiger partial charge on any atom is -0.435 e. The van der Waals surface area contributed by atoms with Crippen molar-refractivity contribution in [2.24, 2.45) is 0 Å². The van der Waals surface area contributed by atoms with Crippen LogP contribution in [0.1, 0.15) is 25.7 Å². The van der Waals surface area contributed by atoms with E-state index in [1.54, 1.807) is 0 Å². The van der Waals surface area contributed by atoms with Crippen LogP contribution < -0.4 is 15.4 Å². The molecule has 6 heteroatoms. The van der Waals surface area contributed by atoms with Gasteiger partial charge in [-0.1, -0.05) is 12.8 Å². The van der Waals surface area contributed by atoms with Gasteiger partial charge in [-0.2, -0.15) is 8.78 Å². The second-order valence-electron chi connectivity index (χ2n) is 4.48. The monoisotopic (exact) mass is 270 g/mol. The number of nitrogens with one attached hydrogen (secondary N) is 2. The molecule has 2 N–H and O–H groups in total. The van der Waals surface area contributed by atoms with Gasteiger partial charge in [0.15, 0.2) is 0 Å². The fourth-order valence-electron chi connectivity index (χ4n) is 2.14. The molecule has 1 saturated carbocycles. The lowest BCUT2D eigenvalue weighted by molar-refractivity contribution is -0.0498. The predicted octanol–water partition coefficient (Wildman–Crippen LogP) is 3.35. The number of benzene rings is 1. The van der Waals surface area contributed by atoms with E-state index in [-0.39, 0.29) is 17.8 Å². The molecule has 1 aliphatic carbocycles. The molecule has 2 amide bonds. The Bertz CT molecular complexity index is 417. The van der Waals surface area contributed by atoms with Crippen LogP contribution in [0, 0.1) is 0 Å². The van der Waals surface area contributed by atoms with E-state index in [1.807, 2.05) is 0 Å². The summed E-state index contributed by atoms with van der Waals surface area (Å²) in [6.07, 6.45) is 4.30. The van der Waals surface area contributed by atoms with Crippen LogP contribution in [-0.2, 0) is 0 Å². The van der Waals surface area contributed by atoms with Crippen LogP contribution >= 0.6 is 0 Å². The summed E-state index contributed by atoms with van der Waals surface area (Å²) in [5.41, 5.74) is 0.539. The minimum atomic E-state index is -2.84. The van der Waals surface area contributed by atoms with Crippen LogP contribution in [0.4, 0.5) is 19.3 Å². The van der Waals surface area contributed by atoms with Crippen LogP contribution in [0.15, 0.2) is 24.3 Å². The van der Waals surface area contributed by atoms with Gasteiger partial charge >= 0.3 is 12.6 Å². The number of halogens is 2. The Morgan fingerprint density at radius 3 is 2.42 bits per heavy atom. The maximum atomic E-state index is 12.0. The molecule has 0 aromatic heterocycles. The largest absolute Gasteiger partial charge is 0.435 e. The molecule has 0 saturated heterocycles. The van der Waals surface area contributed by atoms with Crippen LogP contribution in [0.2, 0.25) is 0 Å². The smallest absolute Gasteiger partial charge is 0.387 e. The minimum absolute atomic E-state index is 0.0664. The molecular formula is C13H16F2N2O2. The highest BCUT2D eigenvalue weighted by molar-refractivity contribution is 5.89. The Morgan fingerprint density at radius 2 is 1.84 bits per heavy atom. The van der Waals surface area contributed by atoms with Crippen molar-refractivity contribution in [3.05, 3.63) is 24.3 Å². The van der Waals surface area contributed by atoms with Gasteiger partial charge < -0.3 is 15.4 Å². The number of hydrogen-bond acceptors (Lipinski definition) is 2. The highest BCUT2D eigenvalue weighted by Crippen LogP contribution is 2.19. The fraction of sp³-hybridized carbons (Fsp3) is 0.462. The maximum absolute atomic E-state index is 12.0. The quantitative estimate of drug-likeness (QED) is 0.881. The molecule has 0 spiro atoms. The summed E-state index contributed by atoms with van der Waals surface area (Å²) in [4.78, 5) is 11.7. The topological polar surface area (TPSA) is 50.4 Å². The number of carbonyl (C=O) groups excluding carboxylic acids is 1. The van der Waals surface area contributed by atoms with Crippen LogP contribution in [0.5, 0.6) is 5.75 Å².